The van der Waals surface area contributed by atoms with Gasteiger partial charge in [-0.3, -0.25) is 4.57 Å². The minimum Gasteiger partial charge on any atom is -0.756 e. The third kappa shape index (κ3) is 8.88. The van der Waals surface area contributed by atoms with Crippen LogP contribution in [0.2, 0.25) is 0 Å². The summed E-state index contributed by atoms with van der Waals surface area (Å²) in [6, 6.07) is 0. The van der Waals surface area contributed by atoms with Crippen molar-refractivity contribution in [3.63, 3.8) is 0 Å². The van der Waals surface area contributed by atoms with E-state index in [1.54, 1.807) is 0 Å². The molecule has 3 atom stereocenters. The van der Waals surface area contributed by atoms with Gasteiger partial charge in [-0.1, -0.05) is 24.3 Å². The lowest BCUT2D eigenvalue weighted by molar-refractivity contribution is -0.227. The normalized spacial score (nSPS) is 20.7. The number of phosphoric acid groups is 1. The van der Waals surface area contributed by atoms with Gasteiger partial charge < -0.3 is 29.1 Å². The highest BCUT2D eigenvalue weighted by Gasteiger charge is 2.17. The maximum atomic E-state index is 11.6. The van der Waals surface area contributed by atoms with Gasteiger partial charge in [-0.2, -0.15) is 0 Å². The quantitative estimate of drug-likeness (QED) is 0.568. The minimum atomic E-state index is -4.37. The van der Waals surface area contributed by atoms with Crippen LogP contribution in [0, 0.1) is 5.92 Å². The summed E-state index contributed by atoms with van der Waals surface area (Å²) < 4.78 is 25.3. The lowest BCUT2D eigenvalue weighted by atomic mass is 10.0. The van der Waals surface area contributed by atoms with E-state index >= 15 is 0 Å². The van der Waals surface area contributed by atoms with Gasteiger partial charge in [-0.25, -0.2) is 4.79 Å². The van der Waals surface area contributed by atoms with Crippen molar-refractivity contribution in [3.05, 3.63) is 24.3 Å². The van der Waals surface area contributed by atoms with Gasteiger partial charge in [0.1, 0.15) is 0 Å². The van der Waals surface area contributed by atoms with Crippen molar-refractivity contribution >= 4 is 13.9 Å². The molecule has 23 heavy (non-hydrogen) atoms. The fourth-order valence-corrected chi connectivity index (χ4v) is 2.61. The number of carbonyl (C=O) groups excluding carboxylic acids is 1. The van der Waals surface area contributed by atoms with Gasteiger partial charge >= 0.3 is 6.09 Å². The molecule has 0 spiro atoms. The molecule has 0 aromatic rings. The molecule has 1 aliphatic carbocycles. The number of hydrogen-bond acceptors (Lipinski definition) is 7. The Balaban J connectivity index is 2.23. The molecule has 0 bridgehead atoms. The average molecular weight is 348 g/mol. The summed E-state index contributed by atoms with van der Waals surface area (Å²) in [4.78, 5) is 22.8. The lowest BCUT2D eigenvalue weighted by Crippen LogP contribution is -2.30. The summed E-state index contributed by atoms with van der Waals surface area (Å²) in [7, 11) is -3.38. The number of carbonyl (C=O) groups is 1. The Morgan fingerprint density at radius 1 is 1.48 bits per heavy atom. The number of nitrogens with one attached hydrogen (secondary N) is 1. The first kappa shape index (κ1) is 19.9. The summed E-state index contributed by atoms with van der Waals surface area (Å²) in [5.74, 6) is 0.171. The third-order valence-corrected chi connectivity index (χ3v) is 4.19. The van der Waals surface area contributed by atoms with Crippen molar-refractivity contribution in [2.45, 2.75) is 25.4 Å². The summed E-state index contributed by atoms with van der Waals surface area (Å²) in [6.07, 6.45) is 7.61. The summed E-state index contributed by atoms with van der Waals surface area (Å²) >= 11 is 0. The van der Waals surface area contributed by atoms with Crippen LogP contribution in [0.5, 0.6) is 0 Å². The van der Waals surface area contributed by atoms with Crippen molar-refractivity contribution in [1.82, 2.24) is 5.32 Å². The second kappa shape index (κ2) is 10.6. The van der Waals surface area contributed by atoms with E-state index in [4.69, 9.17) is 14.4 Å². The van der Waals surface area contributed by atoms with Crippen LogP contribution in [0.3, 0.4) is 0 Å². The van der Waals surface area contributed by atoms with E-state index in [2.05, 4.69) is 9.84 Å². The number of hydrogen-bond donors (Lipinski definition) is 2. The lowest BCUT2D eigenvalue weighted by Gasteiger charge is -2.26. The molecule has 1 amide bonds. The SMILES string of the molecule is COP(=O)([O-])O[C@H](CCO)CCNC(=O)OCC1C=CC=CC1. The van der Waals surface area contributed by atoms with Crippen molar-refractivity contribution < 1.29 is 33.1 Å². The number of allylic oxidation sites excluding steroid dienone is 3. The van der Waals surface area contributed by atoms with Crippen LogP contribution in [-0.2, 0) is 18.3 Å². The first-order valence-corrected chi connectivity index (χ1v) is 8.83. The highest BCUT2D eigenvalue weighted by molar-refractivity contribution is 7.45. The van der Waals surface area contributed by atoms with Gasteiger partial charge in [0.05, 0.1) is 12.7 Å². The molecule has 0 saturated carbocycles. The molecule has 8 nitrogen and oxygen atoms in total. The number of amides is 1. The van der Waals surface area contributed by atoms with Gasteiger partial charge in [0, 0.05) is 26.2 Å². The fourth-order valence-electron chi connectivity index (χ4n) is 1.94. The predicted molar refractivity (Wildman–Crippen MR) is 81.5 cm³/mol. The van der Waals surface area contributed by atoms with Crippen LogP contribution in [0.4, 0.5) is 4.79 Å². The number of phosphoric ester groups is 1. The second-order valence-corrected chi connectivity index (χ2v) is 6.46. The molecule has 0 radical (unpaired) electrons. The number of ether oxygens (including phenoxy) is 1. The van der Waals surface area contributed by atoms with E-state index < -0.39 is 20.0 Å². The van der Waals surface area contributed by atoms with Crippen LogP contribution in [0.25, 0.3) is 0 Å². The van der Waals surface area contributed by atoms with Crippen molar-refractivity contribution in [1.29, 1.82) is 0 Å². The molecule has 0 aromatic heterocycles. The molecule has 1 aliphatic rings. The maximum absolute atomic E-state index is 11.6. The average Bonchev–Trinajstić information content (AvgIpc) is 2.54. The Labute approximate surface area is 135 Å². The van der Waals surface area contributed by atoms with Crippen molar-refractivity contribution in [2.75, 3.05) is 26.9 Å². The molecule has 9 heteroatoms. The molecule has 0 aliphatic heterocycles. The zero-order valence-corrected chi connectivity index (χ0v) is 13.9. The van der Waals surface area contributed by atoms with E-state index in [1.807, 2.05) is 24.3 Å². The molecule has 2 unspecified atom stereocenters. The van der Waals surface area contributed by atoms with Gasteiger partial charge in [0.25, 0.3) is 7.82 Å². The maximum Gasteiger partial charge on any atom is 0.407 e. The molecule has 0 heterocycles. The Kier molecular flexibility index (Phi) is 9.13. The molecular weight excluding hydrogens is 325 g/mol. The highest BCUT2D eigenvalue weighted by atomic mass is 31.2. The standard InChI is InChI=1S/C14H24NO7P/c1-20-23(18,19)22-13(8-10-16)7-9-15-14(17)21-11-12-5-3-2-4-6-12/h2-5,12-13,16H,6-11H2,1H3,(H,15,17)(H,18,19)/p-1/t12?,13-/m0/s1. The third-order valence-electron chi connectivity index (χ3n) is 3.19. The van der Waals surface area contributed by atoms with E-state index in [1.165, 1.54) is 0 Å². The molecule has 132 valence electrons. The monoisotopic (exact) mass is 348 g/mol. The van der Waals surface area contributed by atoms with Gasteiger partial charge in [0.15, 0.2) is 0 Å². The Hall–Kier alpha value is -1.18. The molecule has 0 saturated heterocycles. The molecule has 2 N–H and O–H groups in total. The van der Waals surface area contributed by atoms with E-state index in [-0.39, 0.29) is 38.5 Å². The zero-order chi connectivity index (χ0) is 17.1. The van der Waals surface area contributed by atoms with Gasteiger partial charge in [-0.05, 0) is 19.3 Å². The largest absolute Gasteiger partial charge is 0.756 e. The second-order valence-electron chi connectivity index (χ2n) is 4.99. The van der Waals surface area contributed by atoms with E-state index in [0.717, 1.165) is 13.5 Å². The summed E-state index contributed by atoms with van der Waals surface area (Å²) in [5.41, 5.74) is 0. The molecule has 0 fully saturated rings. The summed E-state index contributed by atoms with van der Waals surface area (Å²) in [5, 5.41) is 11.4. The number of alkyl carbamates (subject to hydrolysis) is 1. The van der Waals surface area contributed by atoms with E-state index in [9.17, 15) is 14.3 Å². The smallest absolute Gasteiger partial charge is 0.407 e. The Morgan fingerprint density at radius 2 is 2.26 bits per heavy atom. The van der Waals surface area contributed by atoms with E-state index in [0.29, 0.717) is 0 Å². The Morgan fingerprint density at radius 3 is 2.87 bits per heavy atom. The number of rotatable bonds is 10. The fraction of sp³-hybridized carbons (Fsp3) is 0.643. The highest BCUT2D eigenvalue weighted by Crippen LogP contribution is 2.39. The first-order valence-electron chi connectivity index (χ1n) is 7.37. The van der Waals surface area contributed by atoms with Crippen LogP contribution < -0.4 is 10.2 Å². The first-order chi connectivity index (χ1) is 11.0. The molecular formula is C14H23NO7P-. The predicted octanol–water partition coefficient (Wildman–Crippen LogP) is 1.12. The van der Waals surface area contributed by atoms with Crippen LogP contribution in [-0.4, -0.2) is 44.2 Å². The van der Waals surface area contributed by atoms with Crippen LogP contribution in [0.15, 0.2) is 24.3 Å². The summed E-state index contributed by atoms with van der Waals surface area (Å²) in [6.45, 7) is 0.205. The Bertz CT molecular complexity index is 466. The van der Waals surface area contributed by atoms with Crippen molar-refractivity contribution in [2.24, 2.45) is 5.92 Å². The van der Waals surface area contributed by atoms with Crippen molar-refractivity contribution in [3.8, 4) is 0 Å². The van der Waals surface area contributed by atoms with Gasteiger partial charge in [-0.15, -0.1) is 0 Å². The number of aliphatic hydroxyl groups excluding tert-OH is 1. The topological polar surface area (TPSA) is 117 Å². The molecule has 0 aromatic carbocycles. The number of aliphatic hydroxyl groups is 1. The van der Waals surface area contributed by atoms with Crippen LogP contribution >= 0.6 is 7.82 Å². The van der Waals surface area contributed by atoms with Gasteiger partial charge in [0.2, 0.25) is 0 Å². The van der Waals surface area contributed by atoms with Crippen LogP contribution in [0.1, 0.15) is 19.3 Å². The molecule has 1 rings (SSSR count). The minimum absolute atomic E-state index is 0.117. The zero-order valence-electron chi connectivity index (χ0n) is 13.1.